The van der Waals surface area contributed by atoms with Gasteiger partial charge < -0.3 is 10.2 Å². The lowest BCUT2D eigenvalue weighted by atomic mass is 10.2. The molecule has 0 amide bonds. The molecule has 72 valence electrons. The summed E-state index contributed by atoms with van der Waals surface area (Å²) in [6.07, 6.45) is 2.48. The van der Waals surface area contributed by atoms with Crippen LogP contribution in [-0.4, -0.2) is 16.2 Å². The van der Waals surface area contributed by atoms with E-state index in [1.54, 1.807) is 6.07 Å². The van der Waals surface area contributed by atoms with Crippen molar-refractivity contribution in [2.75, 3.05) is 0 Å². The van der Waals surface area contributed by atoms with Gasteiger partial charge >= 0.3 is 5.97 Å². The Balaban J connectivity index is 2.20. The third kappa shape index (κ3) is 3.46. The molecular weight excluding hydrogens is 188 g/mol. The number of aryl methyl sites for hydroxylation is 1. The van der Waals surface area contributed by atoms with Gasteiger partial charge in [-0.2, -0.15) is 0 Å². The zero-order chi connectivity index (χ0) is 9.68. The molecule has 13 heavy (non-hydrogen) atoms. The van der Waals surface area contributed by atoms with Crippen LogP contribution in [0.15, 0.2) is 11.4 Å². The Labute approximate surface area is 80.6 Å². The molecule has 0 aliphatic heterocycles. The van der Waals surface area contributed by atoms with Gasteiger partial charge in [0.25, 0.3) is 0 Å². The molecule has 0 aromatic carbocycles. The van der Waals surface area contributed by atoms with Crippen LogP contribution < -0.4 is 0 Å². The van der Waals surface area contributed by atoms with Gasteiger partial charge in [0.15, 0.2) is 0 Å². The van der Waals surface area contributed by atoms with Crippen LogP contribution in [0.25, 0.3) is 0 Å². The van der Waals surface area contributed by atoms with Crippen molar-refractivity contribution in [2.45, 2.75) is 25.7 Å². The predicted octanol–water partition coefficient (Wildman–Crippen LogP) is 2.25. The van der Waals surface area contributed by atoms with E-state index in [-0.39, 0.29) is 6.42 Å². The number of aromatic hydroxyl groups is 1. The zero-order valence-corrected chi connectivity index (χ0v) is 8.01. The second-order valence-electron chi connectivity index (χ2n) is 2.83. The van der Waals surface area contributed by atoms with E-state index < -0.39 is 5.97 Å². The van der Waals surface area contributed by atoms with E-state index >= 15 is 0 Å². The topological polar surface area (TPSA) is 57.5 Å². The maximum Gasteiger partial charge on any atom is 0.303 e. The van der Waals surface area contributed by atoms with Gasteiger partial charge in [-0.1, -0.05) is 0 Å². The summed E-state index contributed by atoms with van der Waals surface area (Å²) in [5.74, 6) is -0.421. The Morgan fingerprint density at radius 2 is 2.23 bits per heavy atom. The van der Waals surface area contributed by atoms with Gasteiger partial charge in [0, 0.05) is 11.3 Å². The first-order valence-electron chi connectivity index (χ1n) is 4.17. The van der Waals surface area contributed by atoms with Crippen LogP contribution in [0.4, 0.5) is 0 Å². The van der Waals surface area contributed by atoms with Crippen molar-refractivity contribution in [2.24, 2.45) is 0 Å². The van der Waals surface area contributed by atoms with Gasteiger partial charge in [-0.3, -0.25) is 4.79 Å². The van der Waals surface area contributed by atoms with E-state index in [1.807, 2.05) is 5.38 Å². The summed E-state index contributed by atoms with van der Waals surface area (Å²) in [4.78, 5) is 11.1. The second-order valence-corrected chi connectivity index (χ2v) is 3.83. The summed E-state index contributed by atoms with van der Waals surface area (Å²) in [6, 6.07) is 1.66. The fourth-order valence-corrected chi connectivity index (χ4v) is 1.89. The van der Waals surface area contributed by atoms with E-state index in [2.05, 4.69) is 0 Å². The van der Waals surface area contributed by atoms with Gasteiger partial charge in [-0.15, -0.1) is 11.3 Å². The molecule has 0 aliphatic carbocycles. The Hall–Kier alpha value is -1.03. The van der Waals surface area contributed by atoms with Gasteiger partial charge in [0.05, 0.1) is 0 Å². The molecule has 4 heteroatoms. The van der Waals surface area contributed by atoms with Crippen molar-refractivity contribution in [3.8, 4) is 5.75 Å². The first-order valence-corrected chi connectivity index (χ1v) is 5.05. The van der Waals surface area contributed by atoms with Gasteiger partial charge in [0.2, 0.25) is 0 Å². The third-order valence-corrected chi connectivity index (χ3v) is 2.74. The van der Waals surface area contributed by atoms with Gasteiger partial charge in [-0.05, 0) is 30.7 Å². The number of thiophene rings is 1. The number of hydrogen-bond acceptors (Lipinski definition) is 3. The maximum absolute atomic E-state index is 10.2. The smallest absolute Gasteiger partial charge is 0.303 e. The molecule has 0 aliphatic rings. The SMILES string of the molecule is O=C(O)CCCCc1sccc1O. The standard InChI is InChI=1S/C9H12O3S/c10-7-5-6-13-8(7)3-1-2-4-9(11)12/h5-6,10H,1-4H2,(H,11,12). The third-order valence-electron chi connectivity index (χ3n) is 1.77. The van der Waals surface area contributed by atoms with Crippen molar-refractivity contribution in [3.05, 3.63) is 16.3 Å². The van der Waals surface area contributed by atoms with Crippen LogP contribution >= 0.6 is 11.3 Å². The highest BCUT2D eigenvalue weighted by Crippen LogP contribution is 2.24. The molecule has 3 nitrogen and oxygen atoms in total. The van der Waals surface area contributed by atoms with Crippen molar-refractivity contribution in [3.63, 3.8) is 0 Å². The van der Waals surface area contributed by atoms with Crippen LogP contribution in [0.3, 0.4) is 0 Å². The lowest BCUT2D eigenvalue weighted by molar-refractivity contribution is -0.137. The molecule has 2 N–H and O–H groups in total. The van der Waals surface area contributed by atoms with E-state index in [0.717, 1.165) is 17.7 Å². The summed E-state index contributed by atoms with van der Waals surface area (Å²) >= 11 is 1.51. The molecule has 1 aromatic rings. The summed E-state index contributed by atoms with van der Waals surface area (Å²) < 4.78 is 0. The van der Waals surface area contributed by atoms with Crippen LogP contribution in [0.5, 0.6) is 5.75 Å². The molecular formula is C9H12O3S. The van der Waals surface area contributed by atoms with Gasteiger partial charge in [-0.25, -0.2) is 0 Å². The number of rotatable bonds is 5. The Morgan fingerprint density at radius 3 is 2.77 bits per heavy atom. The van der Waals surface area contributed by atoms with E-state index in [9.17, 15) is 9.90 Å². The summed E-state index contributed by atoms with van der Waals surface area (Å²) in [6.45, 7) is 0. The predicted molar refractivity (Wildman–Crippen MR) is 51.2 cm³/mol. The van der Waals surface area contributed by atoms with E-state index in [4.69, 9.17) is 5.11 Å². The van der Waals surface area contributed by atoms with Crippen LogP contribution in [0.1, 0.15) is 24.1 Å². The van der Waals surface area contributed by atoms with Crippen LogP contribution in [0.2, 0.25) is 0 Å². The van der Waals surface area contributed by atoms with Crippen LogP contribution in [-0.2, 0) is 11.2 Å². The lowest BCUT2D eigenvalue weighted by Crippen LogP contribution is -1.94. The first-order chi connectivity index (χ1) is 6.20. The molecule has 0 fully saturated rings. The van der Waals surface area contributed by atoms with Crippen molar-refractivity contribution in [1.29, 1.82) is 0 Å². The Kier molecular flexibility index (Phi) is 3.76. The monoisotopic (exact) mass is 200 g/mol. The maximum atomic E-state index is 10.2. The number of carbonyl (C=O) groups is 1. The van der Waals surface area contributed by atoms with E-state index in [0.29, 0.717) is 12.2 Å². The minimum absolute atomic E-state index is 0.214. The largest absolute Gasteiger partial charge is 0.507 e. The number of carboxylic acids is 1. The van der Waals surface area contributed by atoms with Crippen molar-refractivity contribution in [1.82, 2.24) is 0 Å². The van der Waals surface area contributed by atoms with E-state index in [1.165, 1.54) is 11.3 Å². The first kappa shape index (κ1) is 10.1. The Bertz CT molecular complexity index is 280. The highest BCUT2D eigenvalue weighted by atomic mass is 32.1. The normalized spacial score (nSPS) is 10.2. The number of unbranched alkanes of at least 4 members (excludes halogenated alkanes) is 1. The molecule has 0 unspecified atom stereocenters. The van der Waals surface area contributed by atoms with Crippen LogP contribution in [0, 0.1) is 0 Å². The summed E-state index contributed by atoms with van der Waals surface area (Å²) in [5.41, 5.74) is 0. The molecule has 1 rings (SSSR count). The Morgan fingerprint density at radius 1 is 1.46 bits per heavy atom. The van der Waals surface area contributed by atoms with Gasteiger partial charge in [0.1, 0.15) is 5.75 Å². The summed E-state index contributed by atoms with van der Waals surface area (Å²) in [7, 11) is 0. The summed E-state index contributed by atoms with van der Waals surface area (Å²) in [5, 5.41) is 19.5. The lowest BCUT2D eigenvalue weighted by Gasteiger charge is -1.97. The average Bonchev–Trinajstić information content (AvgIpc) is 2.45. The average molecular weight is 200 g/mol. The van der Waals surface area contributed by atoms with Crippen molar-refractivity contribution < 1.29 is 15.0 Å². The highest BCUT2D eigenvalue weighted by Gasteiger charge is 2.02. The minimum atomic E-state index is -0.754. The zero-order valence-electron chi connectivity index (χ0n) is 7.19. The molecule has 0 saturated carbocycles. The molecule has 1 heterocycles. The second kappa shape index (κ2) is 4.87. The molecule has 0 bridgehead atoms. The molecule has 0 radical (unpaired) electrons. The van der Waals surface area contributed by atoms with Crippen molar-refractivity contribution >= 4 is 17.3 Å². The molecule has 0 spiro atoms. The number of hydrogen-bond donors (Lipinski definition) is 2. The molecule has 0 saturated heterocycles. The number of aliphatic carboxylic acids is 1. The quantitative estimate of drug-likeness (QED) is 0.717. The number of carboxylic acid groups (broad SMARTS) is 1. The fourth-order valence-electron chi connectivity index (χ4n) is 1.08. The molecule has 1 aromatic heterocycles. The molecule has 0 atom stereocenters. The highest BCUT2D eigenvalue weighted by molar-refractivity contribution is 7.10. The minimum Gasteiger partial charge on any atom is -0.507 e. The fraction of sp³-hybridized carbons (Fsp3) is 0.444.